The highest BCUT2D eigenvalue weighted by molar-refractivity contribution is 6.36. The molecule has 3 fully saturated rings. The molecule has 1 saturated heterocycles. The number of likely N-dealkylation sites (tertiary alicyclic amines) is 1. The third kappa shape index (κ3) is 3.08. The molecule has 156 valence electrons. The molecule has 0 radical (unpaired) electrons. The lowest BCUT2D eigenvalue weighted by Crippen LogP contribution is -2.40. The van der Waals surface area contributed by atoms with E-state index in [1.54, 1.807) is 0 Å². The molecule has 6 rings (SSSR count). The first-order valence-corrected chi connectivity index (χ1v) is 10.8. The first kappa shape index (κ1) is 19.8. The van der Waals surface area contributed by atoms with Crippen LogP contribution in [0.25, 0.3) is 0 Å². The lowest BCUT2D eigenvalue weighted by atomic mass is 9.63. The number of benzene rings is 1. The van der Waals surface area contributed by atoms with Gasteiger partial charge in [0.1, 0.15) is 0 Å². The highest BCUT2D eigenvalue weighted by atomic mass is 35.5. The minimum Gasteiger partial charge on any atom is -0.457 e. The smallest absolute Gasteiger partial charge is 0.308 e. The molecule has 1 heterocycles. The number of nitrogens with zero attached hydrogens (tertiary/aromatic N) is 1. The van der Waals surface area contributed by atoms with E-state index in [4.69, 9.17) is 27.9 Å². The van der Waals surface area contributed by atoms with Gasteiger partial charge in [-0.1, -0.05) is 35.4 Å². The Morgan fingerprint density at radius 3 is 2.27 bits per heavy atom. The number of carbonyl (C=O) groups excluding carboxylic acids is 4. The quantitative estimate of drug-likeness (QED) is 0.289. The number of amides is 2. The molecule has 0 unspecified atom stereocenters. The van der Waals surface area contributed by atoms with E-state index < -0.39 is 18.4 Å². The number of allylic oxidation sites excluding steroid dienone is 2. The number of ether oxygens (including phenoxy) is 1. The van der Waals surface area contributed by atoms with Gasteiger partial charge in [-0.05, 0) is 48.3 Å². The van der Waals surface area contributed by atoms with Crippen LogP contribution in [0.2, 0.25) is 10.0 Å². The molecule has 0 spiro atoms. The van der Waals surface area contributed by atoms with Crippen LogP contribution in [0, 0.1) is 35.5 Å². The van der Waals surface area contributed by atoms with Gasteiger partial charge in [-0.25, -0.2) is 0 Å². The maximum atomic E-state index is 12.9. The van der Waals surface area contributed by atoms with E-state index in [0.717, 1.165) is 6.42 Å². The van der Waals surface area contributed by atoms with Gasteiger partial charge in [0.15, 0.2) is 6.61 Å². The fourth-order valence-corrected chi connectivity index (χ4v) is 5.97. The molecule has 30 heavy (non-hydrogen) atoms. The number of imide groups is 1. The van der Waals surface area contributed by atoms with E-state index in [2.05, 4.69) is 12.2 Å². The van der Waals surface area contributed by atoms with E-state index in [1.165, 1.54) is 23.1 Å². The summed E-state index contributed by atoms with van der Waals surface area (Å²) in [6.07, 6.45) is 5.18. The van der Waals surface area contributed by atoms with Crippen LogP contribution in [-0.4, -0.2) is 41.6 Å². The van der Waals surface area contributed by atoms with Crippen molar-refractivity contribution >= 4 is 46.8 Å². The lowest BCUT2D eigenvalue weighted by Gasteiger charge is -2.37. The number of hydrogen-bond donors (Lipinski definition) is 0. The Labute approximate surface area is 183 Å². The Morgan fingerprint density at radius 2 is 1.67 bits per heavy atom. The van der Waals surface area contributed by atoms with Crippen molar-refractivity contribution in [3.63, 3.8) is 0 Å². The van der Waals surface area contributed by atoms with Gasteiger partial charge in [0.25, 0.3) is 0 Å². The topological polar surface area (TPSA) is 80.8 Å². The highest BCUT2D eigenvalue weighted by Gasteiger charge is 2.66. The van der Waals surface area contributed by atoms with Gasteiger partial charge in [0, 0.05) is 17.1 Å². The summed E-state index contributed by atoms with van der Waals surface area (Å²) in [5.74, 6) is -0.624. The van der Waals surface area contributed by atoms with Crippen LogP contribution in [0.1, 0.15) is 23.2 Å². The Kier molecular flexibility index (Phi) is 4.75. The van der Waals surface area contributed by atoms with Crippen molar-refractivity contribution in [2.24, 2.45) is 35.5 Å². The zero-order chi connectivity index (χ0) is 21.2. The van der Waals surface area contributed by atoms with E-state index in [9.17, 15) is 19.2 Å². The Morgan fingerprint density at radius 1 is 1.03 bits per heavy atom. The molecule has 1 aromatic rings. The third-order valence-electron chi connectivity index (χ3n) is 6.89. The van der Waals surface area contributed by atoms with E-state index in [0.29, 0.717) is 16.9 Å². The Balaban J connectivity index is 1.16. The van der Waals surface area contributed by atoms with Crippen molar-refractivity contribution in [3.05, 3.63) is 46.0 Å². The molecule has 6 nitrogen and oxygen atoms in total. The molecule has 2 saturated carbocycles. The molecule has 8 heteroatoms. The zero-order valence-corrected chi connectivity index (χ0v) is 17.4. The second-order valence-corrected chi connectivity index (χ2v) is 9.28. The van der Waals surface area contributed by atoms with Crippen LogP contribution in [0.3, 0.4) is 0 Å². The predicted molar refractivity (Wildman–Crippen MR) is 108 cm³/mol. The van der Waals surface area contributed by atoms with Crippen LogP contribution in [0.15, 0.2) is 30.4 Å². The van der Waals surface area contributed by atoms with Crippen LogP contribution in [-0.2, 0) is 19.1 Å². The predicted octanol–water partition coefficient (Wildman–Crippen LogP) is 3.16. The van der Waals surface area contributed by atoms with E-state index >= 15 is 0 Å². The fourth-order valence-electron chi connectivity index (χ4n) is 5.45. The van der Waals surface area contributed by atoms with Crippen molar-refractivity contribution in [1.82, 2.24) is 4.90 Å². The number of esters is 1. The normalized spacial score (nSPS) is 32.8. The van der Waals surface area contributed by atoms with Crippen molar-refractivity contribution in [3.8, 4) is 0 Å². The first-order chi connectivity index (χ1) is 14.4. The van der Waals surface area contributed by atoms with Crippen molar-refractivity contribution in [1.29, 1.82) is 0 Å². The van der Waals surface area contributed by atoms with Gasteiger partial charge >= 0.3 is 5.97 Å². The summed E-state index contributed by atoms with van der Waals surface area (Å²) in [7, 11) is 0. The number of halogens is 2. The van der Waals surface area contributed by atoms with Gasteiger partial charge in [-0.15, -0.1) is 0 Å². The van der Waals surface area contributed by atoms with Gasteiger partial charge in [-0.3, -0.25) is 24.1 Å². The molecule has 0 aromatic heterocycles. The second-order valence-electron chi connectivity index (χ2n) is 8.44. The Bertz CT molecular complexity index is 969. The van der Waals surface area contributed by atoms with Crippen LogP contribution in [0.4, 0.5) is 0 Å². The highest BCUT2D eigenvalue weighted by Crippen LogP contribution is 2.65. The molecule has 2 amide bonds. The van der Waals surface area contributed by atoms with Crippen LogP contribution >= 0.6 is 23.2 Å². The molecule has 5 aliphatic rings. The Hall–Kier alpha value is -2.18. The largest absolute Gasteiger partial charge is 0.457 e. The minimum atomic E-state index is -0.646. The molecule has 4 aliphatic carbocycles. The summed E-state index contributed by atoms with van der Waals surface area (Å²) in [5.41, 5.74) is 0.212. The maximum absolute atomic E-state index is 12.9. The van der Waals surface area contributed by atoms with Crippen LogP contribution in [0.5, 0.6) is 0 Å². The van der Waals surface area contributed by atoms with E-state index in [1.807, 2.05) is 0 Å². The lowest BCUT2D eigenvalue weighted by molar-refractivity contribution is -0.145. The minimum absolute atomic E-state index is 0.0197. The number of Topliss-reactive ketones (excluding diaryl/α,β-unsaturated/α-hetero) is 1. The average Bonchev–Trinajstić information content (AvgIpc) is 3.49. The molecule has 1 aromatic carbocycles. The molecule has 2 bridgehead atoms. The summed E-state index contributed by atoms with van der Waals surface area (Å²) in [6.45, 7) is -0.487. The fraction of sp³-hybridized carbons (Fsp3) is 0.455. The molecule has 1 aliphatic heterocycles. The molecular formula is C22H19Cl2NO5. The number of hydrogen-bond acceptors (Lipinski definition) is 5. The van der Waals surface area contributed by atoms with Gasteiger partial charge in [0.05, 0.1) is 23.3 Å². The third-order valence-corrected chi connectivity index (χ3v) is 7.44. The van der Waals surface area contributed by atoms with Crippen molar-refractivity contribution in [2.45, 2.75) is 12.8 Å². The molecule has 0 N–H and O–H groups in total. The SMILES string of the molecule is O=C(CCN1C(=O)[C@@H]2[C@@H]3C=C[C@H]([C@H]4C[C@H]34)[C@@H]2C1=O)OCC(=O)c1ccc(Cl)cc1Cl. The summed E-state index contributed by atoms with van der Waals surface area (Å²) in [6, 6.07) is 4.43. The van der Waals surface area contributed by atoms with Gasteiger partial charge in [0.2, 0.25) is 17.6 Å². The van der Waals surface area contributed by atoms with Crippen molar-refractivity contribution < 1.29 is 23.9 Å². The first-order valence-electron chi connectivity index (χ1n) is 10.0. The summed E-state index contributed by atoms with van der Waals surface area (Å²) >= 11 is 11.8. The number of rotatable bonds is 6. The van der Waals surface area contributed by atoms with Crippen molar-refractivity contribution in [2.75, 3.05) is 13.2 Å². The summed E-state index contributed by atoms with van der Waals surface area (Å²) < 4.78 is 5.03. The summed E-state index contributed by atoms with van der Waals surface area (Å²) in [5, 5.41) is 0.579. The van der Waals surface area contributed by atoms with Gasteiger partial charge in [-0.2, -0.15) is 0 Å². The standard InChI is InChI=1S/C22H19Cl2NO5/c23-10-1-2-13(16(24)7-10)17(26)9-30-18(27)5-6-25-21(28)19-11-3-4-12(15-8-14(11)15)20(19)22(25)29/h1-4,7,11-12,14-15,19-20H,5-6,8-9H2/t11-,12-,14-,15-,19-,20+/m1/s1. The second kappa shape index (κ2) is 7.20. The monoisotopic (exact) mass is 447 g/mol. The van der Waals surface area contributed by atoms with Crippen LogP contribution < -0.4 is 0 Å². The molecule has 6 atom stereocenters. The number of carbonyl (C=O) groups is 4. The average molecular weight is 448 g/mol. The molecular weight excluding hydrogens is 429 g/mol. The summed E-state index contributed by atoms with van der Waals surface area (Å²) in [4.78, 5) is 51.3. The maximum Gasteiger partial charge on any atom is 0.308 e. The number of ketones is 1. The van der Waals surface area contributed by atoms with E-state index in [-0.39, 0.29) is 59.0 Å². The van der Waals surface area contributed by atoms with Gasteiger partial charge < -0.3 is 4.74 Å². The zero-order valence-electron chi connectivity index (χ0n) is 15.9.